The van der Waals surface area contributed by atoms with Crippen LogP contribution in [0.4, 0.5) is 0 Å². The topological polar surface area (TPSA) is 30.7 Å². The zero-order valence-corrected chi connectivity index (χ0v) is 12.3. The largest absolute Gasteiger partial charge is 0.312 e. The van der Waals surface area contributed by atoms with E-state index in [0.717, 1.165) is 23.5 Å². The van der Waals surface area contributed by atoms with Crippen molar-refractivity contribution in [1.29, 1.82) is 0 Å². The minimum absolute atomic E-state index is 0.225. The van der Waals surface area contributed by atoms with Crippen molar-refractivity contribution in [2.24, 2.45) is 5.41 Å². The van der Waals surface area contributed by atoms with Crippen molar-refractivity contribution in [3.8, 4) is 0 Å². The third-order valence-electron chi connectivity index (χ3n) is 3.01. The Kier molecular flexibility index (Phi) is 3.18. The lowest BCUT2D eigenvalue weighted by atomic mass is 9.96. The van der Waals surface area contributed by atoms with E-state index in [4.69, 9.17) is 4.98 Å². The summed E-state index contributed by atoms with van der Waals surface area (Å²) in [5.74, 6) is 1.56. The van der Waals surface area contributed by atoms with Crippen LogP contribution in [0.5, 0.6) is 0 Å². The van der Waals surface area contributed by atoms with Crippen LogP contribution >= 0.6 is 0 Å². The third-order valence-corrected chi connectivity index (χ3v) is 3.01. The summed E-state index contributed by atoms with van der Waals surface area (Å²) < 4.78 is 2.28. The van der Waals surface area contributed by atoms with Gasteiger partial charge in [-0.1, -0.05) is 34.6 Å². The highest BCUT2D eigenvalue weighted by atomic mass is 15.1. The Morgan fingerprint density at radius 1 is 1.28 bits per heavy atom. The van der Waals surface area contributed by atoms with E-state index in [2.05, 4.69) is 51.1 Å². The van der Waals surface area contributed by atoms with E-state index in [-0.39, 0.29) is 5.41 Å². The van der Waals surface area contributed by atoms with Gasteiger partial charge in [0.15, 0.2) is 5.65 Å². The van der Waals surface area contributed by atoms with E-state index in [1.54, 1.807) is 0 Å². The summed E-state index contributed by atoms with van der Waals surface area (Å²) in [6, 6.07) is 2.03. The molecule has 0 spiro atoms. The summed E-state index contributed by atoms with van der Waals surface area (Å²) in [6.07, 6.45) is 1.88. The average Bonchev–Trinajstić information content (AvgIpc) is 2.57. The molecule has 0 saturated carbocycles. The van der Waals surface area contributed by atoms with Crippen molar-refractivity contribution >= 4 is 11.2 Å². The number of aryl methyl sites for hydroxylation is 1. The lowest BCUT2D eigenvalue weighted by molar-refractivity contribution is 0.340. The predicted molar refractivity (Wildman–Crippen MR) is 75.8 cm³/mol. The van der Waals surface area contributed by atoms with Gasteiger partial charge in [-0.15, -0.1) is 0 Å². The zero-order valence-electron chi connectivity index (χ0n) is 12.3. The number of hydrogen-bond acceptors (Lipinski definition) is 2. The fourth-order valence-corrected chi connectivity index (χ4v) is 2.23. The SMILES string of the molecule is Cc1ccnc2c1nc(C(C)C)n2CC(C)(C)C. The highest BCUT2D eigenvalue weighted by Crippen LogP contribution is 2.26. The summed E-state index contributed by atoms with van der Waals surface area (Å²) in [4.78, 5) is 9.33. The van der Waals surface area contributed by atoms with Gasteiger partial charge in [-0.25, -0.2) is 9.97 Å². The van der Waals surface area contributed by atoms with Gasteiger partial charge in [0.2, 0.25) is 0 Å². The Hall–Kier alpha value is -1.38. The number of pyridine rings is 1. The van der Waals surface area contributed by atoms with Crippen molar-refractivity contribution in [3.05, 3.63) is 23.7 Å². The summed E-state index contributed by atoms with van der Waals surface area (Å²) in [5.41, 5.74) is 3.50. The molecule has 0 amide bonds. The van der Waals surface area contributed by atoms with Crippen LogP contribution in [-0.4, -0.2) is 14.5 Å². The molecule has 0 bridgehead atoms. The molecule has 2 aromatic rings. The second-order valence-corrected chi connectivity index (χ2v) is 6.57. The molecule has 2 aromatic heterocycles. The van der Waals surface area contributed by atoms with Crippen LogP contribution in [0.2, 0.25) is 0 Å². The molecule has 0 aromatic carbocycles. The van der Waals surface area contributed by atoms with E-state index in [9.17, 15) is 0 Å². The molecule has 3 heteroatoms. The first-order chi connectivity index (χ1) is 8.29. The Morgan fingerprint density at radius 2 is 1.94 bits per heavy atom. The van der Waals surface area contributed by atoms with Crippen molar-refractivity contribution in [2.75, 3.05) is 0 Å². The molecular weight excluding hydrogens is 222 g/mol. The Labute approximate surface area is 109 Å². The maximum Gasteiger partial charge on any atom is 0.160 e. The van der Waals surface area contributed by atoms with Crippen LogP contribution in [-0.2, 0) is 6.54 Å². The number of nitrogens with zero attached hydrogens (tertiary/aromatic N) is 3. The maximum absolute atomic E-state index is 4.80. The summed E-state index contributed by atoms with van der Waals surface area (Å²) in [6.45, 7) is 14.2. The zero-order chi connectivity index (χ0) is 13.5. The molecule has 0 fully saturated rings. The van der Waals surface area contributed by atoms with Gasteiger partial charge in [0.25, 0.3) is 0 Å². The molecule has 0 unspecified atom stereocenters. The molecule has 0 aliphatic rings. The molecule has 98 valence electrons. The highest BCUT2D eigenvalue weighted by Gasteiger charge is 2.20. The summed E-state index contributed by atoms with van der Waals surface area (Å²) >= 11 is 0. The third kappa shape index (κ3) is 2.40. The molecule has 0 atom stereocenters. The maximum atomic E-state index is 4.80. The number of imidazole rings is 1. The quantitative estimate of drug-likeness (QED) is 0.803. The van der Waals surface area contributed by atoms with Gasteiger partial charge >= 0.3 is 0 Å². The van der Waals surface area contributed by atoms with Gasteiger partial charge in [-0.3, -0.25) is 0 Å². The molecule has 2 rings (SSSR count). The molecule has 0 aliphatic heterocycles. The van der Waals surface area contributed by atoms with Gasteiger partial charge in [-0.05, 0) is 24.0 Å². The van der Waals surface area contributed by atoms with Crippen LogP contribution in [0.1, 0.15) is 51.9 Å². The van der Waals surface area contributed by atoms with E-state index in [0.29, 0.717) is 5.92 Å². The van der Waals surface area contributed by atoms with E-state index in [1.807, 2.05) is 12.3 Å². The average molecular weight is 245 g/mol. The van der Waals surface area contributed by atoms with Crippen LogP contribution in [0, 0.1) is 12.3 Å². The molecule has 2 heterocycles. The molecular formula is C15H23N3. The highest BCUT2D eigenvalue weighted by molar-refractivity contribution is 5.75. The number of hydrogen-bond donors (Lipinski definition) is 0. The molecule has 0 aliphatic carbocycles. The second kappa shape index (κ2) is 4.38. The van der Waals surface area contributed by atoms with E-state index in [1.165, 1.54) is 5.56 Å². The lowest BCUT2D eigenvalue weighted by Gasteiger charge is -2.21. The van der Waals surface area contributed by atoms with Crippen molar-refractivity contribution in [3.63, 3.8) is 0 Å². The number of fused-ring (bicyclic) bond motifs is 1. The van der Waals surface area contributed by atoms with Gasteiger partial charge in [0.05, 0.1) is 0 Å². The Balaban J connectivity index is 2.67. The molecule has 0 radical (unpaired) electrons. The first-order valence-electron chi connectivity index (χ1n) is 6.61. The lowest BCUT2D eigenvalue weighted by Crippen LogP contribution is -2.18. The van der Waals surface area contributed by atoms with Crippen LogP contribution in [0.3, 0.4) is 0 Å². The minimum atomic E-state index is 0.225. The Morgan fingerprint density at radius 3 is 2.50 bits per heavy atom. The Bertz CT molecular complexity index is 559. The number of aromatic nitrogens is 3. The van der Waals surface area contributed by atoms with Crippen LogP contribution in [0.15, 0.2) is 12.3 Å². The molecule has 3 nitrogen and oxygen atoms in total. The second-order valence-electron chi connectivity index (χ2n) is 6.57. The monoisotopic (exact) mass is 245 g/mol. The van der Waals surface area contributed by atoms with Crippen LogP contribution < -0.4 is 0 Å². The standard InChI is InChI=1S/C15H23N3/c1-10(2)13-17-12-11(3)7-8-16-14(12)18(13)9-15(4,5)6/h7-8,10H,9H2,1-6H3. The first-order valence-corrected chi connectivity index (χ1v) is 6.61. The smallest absolute Gasteiger partial charge is 0.160 e. The normalized spacial score (nSPS) is 12.6. The van der Waals surface area contributed by atoms with Crippen molar-refractivity contribution in [1.82, 2.24) is 14.5 Å². The summed E-state index contributed by atoms with van der Waals surface area (Å²) in [5, 5.41) is 0. The fraction of sp³-hybridized carbons (Fsp3) is 0.600. The first kappa shape index (κ1) is 13.1. The molecule has 18 heavy (non-hydrogen) atoms. The minimum Gasteiger partial charge on any atom is -0.312 e. The van der Waals surface area contributed by atoms with Gasteiger partial charge in [0, 0.05) is 18.7 Å². The fourth-order valence-electron chi connectivity index (χ4n) is 2.23. The van der Waals surface area contributed by atoms with Gasteiger partial charge in [-0.2, -0.15) is 0 Å². The van der Waals surface area contributed by atoms with Crippen LogP contribution in [0.25, 0.3) is 11.2 Å². The molecule has 0 saturated heterocycles. The van der Waals surface area contributed by atoms with Crippen molar-refractivity contribution in [2.45, 2.75) is 54.0 Å². The van der Waals surface area contributed by atoms with Gasteiger partial charge < -0.3 is 4.57 Å². The number of rotatable bonds is 2. The van der Waals surface area contributed by atoms with E-state index < -0.39 is 0 Å². The molecule has 0 N–H and O–H groups in total. The predicted octanol–water partition coefficient (Wildman–Crippen LogP) is 3.91. The van der Waals surface area contributed by atoms with Gasteiger partial charge in [0.1, 0.15) is 11.3 Å². The van der Waals surface area contributed by atoms with E-state index >= 15 is 0 Å². The summed E-state index contributed by atoms with van der Waals surface area (Å²) in [7, 11) is 0. The van der Waals surface area contributed by atoms with Crippen molar-refractivity contribution < 1.29 is 0 Å².